The first kappa shape index (κ1) is 23.5. The van der Waals surface area contributed by atoms with E-state index in [1.165, 1.54) is 31.2 Å². The van der Waals surface area contributed by atoms with Crippen molar-refractivity contribution in [3.63, 3.8) is 0 Å². The molecule has 0 spiro atoms. The van der Waals surface area contributed by atoms with Crippen molar-refractivity contribution in [3.05, 3.63) is 58.1 Å². The summed E-state index contributed by atoms with van der Waals surface area (Å²) in [5, 5.41) is 6.76. The van der Waals surface area contributed by atoms with Gasteiger partial charge in [-0.15, -0.1) is 0 Å². The summed E-state index contributed by atoms with van der Waals surface area (Å²) in [6.07, 6.45) is -4.75. The van der Waals surface area contributed by atoms with E-state index in [1.54, 1.807) is 6.07 Å². The number of amides is 2. The molecule has 0 saturated heterocycles. The Morgan fingerprint density at radius 1 is 1.10 bits per heavy atom. The predicted molar refractivity (Wildman–Crippen MR) is 108 cm³/mol. The van der Waals surface area contributed by atoms with Crippen LogP contribution in [0.3, 0.4) is 0 Å². The number of rotatable bonds is 7. The van der Waals surface area contributed by atoms with Crippen molar-refractivity contribution in [2.45, 2.75) is 19.5 Å². The van der Waals surface area contributed by atoms with E-state index in [9.17, 15) is 22.8 Å². The first-order valence-corrected chi connectivity index (χ1v) is 9.17. The lowest BCUT2D eigenvalue weighted by Gasteiger charge is -2.10. The highest BCUT2D eigenvalue weighted by atomic mass is 35.5. The van der Waals surface area contributed by atoms with Gasteiger partial charge in [0.2, 0.25) is 5.91 Å². The summed E-state index contributed by atoms with van der Waals surface area (Å²) in [5.74, 6) is -0.926. The molecule has 0 saturated carbocycles. The van der Waals surface area contributed by atoms with Crippen molar-refractivity contribution >= 4 is 46.4 Å². The van der Waals surface area contributed by atoms with Gasteiger partial charge in [0.25, 0.3) is 5.91 Å². The second kappa shape index (κ2) is 10.3. The van der Waals surface area contributed by atoms with Crippen LogP contribution in [-0.4, -0.2) is 24.1 Å². The van der Waals surface area contributed by atoms with E-state index in [0.717, 1.165) is 12.1 Å². The number of hydrogen-bond donors (Lipinski definition) is 2. The fraction of sp³-hybridized carbons (Fsp3) is 0.211. The van der Waals surface area contributed by atoms with Crippen molar-refractivity contribution in [3.8, 4) is 5.75 Å². The van der Waals surface area contributed by atoms with Crippen LogP contribution in [0.4, 0.5) is 18.9 Å². The average molecular weight is 462 g/mol. The minimum Gasteiger partial charge on any atom is -0.482 e. The molecule has 160 valence electrons. The number of nitrogens with one attached hydrogen (secondary N) is 2. The first-order chi connectivity index (χ1) is 14.0. The van der Waals surface area contributed by atoms with E-state index in [1.807, 2.05) is 0 Å². The second-order valence-electron chi connectivity index (χ2n) is 6.05. The molecule has 0 fully saturated rings. The van der Waals surface area contributed by atoms with Crippen LogP contribution in [0.25, 0.3) is 0 Å². The molecular weight excluding hydrogens is 446 g/mol. The predicted octanol–water partition coefficient (Wildman–Crippen LogP) is 4.91. The number of alkyl halides is 3. The molecule has 2 aromatic carbocycles. The first-order valence-electron chi connectivity index (χ1n) is 8.41. The number of benzene rings is 2. The van der Waals surface area contributed by atoms with Gasteiger partial charge in [-0.3, -0.25) is 9.59 Å². The molecule has 6 nitrogen and oxygen atoms in total. The van der Waals surface area contributed by atoms with Crippen molar-refractivity contribution < 1.29 is 27.5 Å². The van der Waals surface area contributed by atoms with E-state index >= 15 is 0 Å². The fourth-order valence-electron chi connectivity index (χ4n) is 2.18. The lowest BCUT2D eigenvalue weighted by molar-refractivity contribution is -0.137. The zero-order valence-electron chi connectivity index (χ0n) is 15.5. The molecule has 0 aliphatic carbocycles. The van der Waals surface area contributed by atoms with E-state index < -0.39 is 23.6 Å². The van der Waals surface area contributed by atoms with Crippen LogP contribution in [0, 0.1) is 0 Å². The Labute approximate surface area is 180 Å². The van der Waals surface area contributed by atoms with Gasteiger partial charge in [0, 0.05) is 16.4 Å². The van der Waals surface area contributed by atoms with Gasteiger partial charge >= 0.3 is 6.18 Å². The summed E-state index contributed by atoms with van der Waals surface area (Å²) in [4.78, 5) is 23.8. The Kier molecular flexibility index (Phi) is 8.08. The lowest BCUT2D eigenvalue weighted by Crippen LogP contribution is -2.26. The highest BCUT2D eigenvalue weighted by Crippen LogP contribution is 2.30. The molecule has 30 heavy (non-hydrogen) atoms. The number of hydrazone groups is 1. The summed E-state index contributed by atoms with van der Waals surface area (Å²) >= 11 is 11.7. The van der Waals surface area contributed by atoms with Crippen LogP contribution in [0.1, 0.15) is 18.9 Å². The maximum atomic E-state index is 12.7. The molecule has 0 unspecified atom stereocenters. The number of ether oxygens (including phenoxy) is 1. The van der Waals surface area contributed by atoms with E-state index in [-0.39, 0.29) is 35.2 Å². The quantitative estimate of drug-likeness (QED) is 0.453. The van der Waals surface area contributed by atoms with Gasteiger partial charge in [0.15, 0.2) is 6.61 Å². The topological polar surface area (TPSA) is 79.8 Å². The maximum absolute atomic E-state index is 12.7. The molecule has 2 aromatic rings. The monoisotopic (exact) mass is 461 g/mol. The summed E-state index contributed by atoms with van der Waals surface area (Å²) < 4.78 is 43.4. The SMILES string of the molecule is C/C(CC(=O)Nc1cccc(C(F)(F)F)c1)=N\NC(=O)COc1ccc(Cl)cc1Cl. The van der Waals surface area contributed by atoms with E-state index in [4.69, 9.17) is 27.9 Å². The molecule has 2 amide bonds. The average Bonchev–Trinajstić information content (AvgIpc) is 2.65. The van der Waals surface area contributed by atoms with Crippen molar-refractivity contribution in [1.82, 2.24) is 5.43 Å². The molecule has 0 aliphatic rings. The minimum atomic E-state index is -4.51. The number of carbonyl (C=O) groups excluding carboxylic acids is 2. The highest BCUT2D eigenvalue weighted by Gasteiger charge is 2.30. The molecule has 11 heteroatoms. The number of nitrogens with zero attached hydrogens (tertiary/aromatic N) is 1. The number of anilines is 1. The van der Waals surface area contributed by atoms with Crippen LogP contribution < -0.4 is 15.5 Å². The third kappa shape index (κ3) is 7.57. The van der Waals surface area contributed by atoms with Gasteiger partial charge in [-0.2, -0.15) is 18.3 Å². The van der Waals surface area contributed by atoms with Crippen molar-refractivity contribution in [2.24, 2.45) is 5.10 Å². The number of hydrogen-bond acceptors (Lipinski definition) is 4. The van der Waals surface area contributed by atoms with Crippen molar-refractivity contribution in [1.29, 1.82) is 0 Å². The lowest BCUT2D eigenvalue weighted by atomic mass is 10.2. The molecule has 0 atom stereocenters. The third-order valence-corrected chi connectivity index (χ3v) is 4.04. The molecular formula is C19H16Cl2F3N3O3. The van der Waals surface area contributed by atoms with Crippen LogP contribution in [0.15, 0.2) is 47.6 Å². The Morgan fingerprint density at radius 2 is 1.83 bits per heavy atom. The van der Waals surface area contributed by atoms with Gasteiger partial charge < -0.3 is 10.1 Å². The molecule has 0 heterocycles. The molecule has 2 rings (SSSR count). The molecule has 0 aliphatic heterocycles. The third-order valence-electron chi connectivity index (χ3n) is 3.51. The Morgan fingerprint density at radius 3 is 2.50 bits per heavy atom. The van der Waals surface area contributed by atoms with Gasteiger partial charge in [-0.1, -0.05) is 29.3 Å². The Balaban J connectivity index is 1.83. The van der Waals surface area contributed by atoms with Gasteiger partial charge in [-0.05, 0) is 43.3 Å². The molecule has 0 aromatic heterocycles. The summed E-state index contributed by atoms with van der Waals surface area (Å²) in [6.45, 7) is 1.09. The van der Waals surface area contributed by atoms with Gasteiger partial charge in [-0.25, -0.2) is 5.43 Å². The number of halogens is 5. The number of carbonyl (C=O) groups is 2. The fourth-order valence-corrected chi connectivity index (χ4v) is 2.64. The highest BCUT2D eigenvalue weighted by molar-refractivity contribution is 6.35. The largest absolute Gasteiger partial charge is 0.482 e. The van der Waals surface area contributed by atoms with Crippen molar-refractivity contribution in [2.75, 3.05) is 11.9 Å². The van der Waals surface area contributed by atoms with Crippen LogP contribution in [-0.2, 0) is 15.8 Å². The molecule has 0 bridgehead atoms. The van der Waals surface area contributed by atoms with Crippen LogP contribution in [0.5, 0.6) is 5.75 Å². The zero-order chi connectivity index (χ0) is 22.3. The van der Waals surface area contributed by atoms with E-state index in [2.05, 4.69) is 15.8 Å². The smallest absolute Gasteiger partial charge is 0.416 e. The zero-order valence-corrected chi connectivity index (χ0v) is 17.0. The standard InChI is InChI=1S/C19H16Cl2F3N3O3/c1-11(7-17(28)25-14-4-2-3-12(8-14)19(22,23)24)26-27-18(29)10-30-16-6-5-13(20)9-15(16)21/h2-6,8-9H,7,10H2,1H3,(H,25,28)(H,27,29)/b26-11+. The van der Waals surface area contributed by atoms with E-state index in [0.29, 0.717) is 5.02 Å². The molecule has 2 N–H and O–H groups in total. The van der Waals surface area contributed by atoms with Gasteiger partial charge in [0.05, 0.1) is 17.0 Å². The molecule has 0 radical (unpaired) electrons. The second-order valence-corrected chi connectivity index (χ2v) is 6.89. The summed E-state index contributed by atoms with van der Waals surface area (Å²) in [7, 11) is 0. The normalized spacial score (nSPS) is 11.7. The van der Waals surface area contributed by atoms with Crippen LogP contribution >= 0.6 is 23.2 Å². The maximum Gasteiger partial charge on any atom is 0.416 e. The Bertz CT molecular complexity index is 966. The van der Waals surface area contributed by atoms with Crippen LogP contribution in [0.2, 0.25) is 10.0 Å². The van der Waals surface area contributed by atoms with Gasteiger partial charge in [0.1, 0.15) is 5.75 Å². The Hall–Kier alpha value is -2.78. The summed E-state index contributed by atoms with van der Waals surface area (Å²) in [5.41, 5.74) is 1.57. The summed E-state index contributed by atoms with van der Waals surface area (Å²) in [6, 6.07) is 8.76. The minimum absolute atomic E-state index is 0.0000891.